The van der Waals surface area contributed by atoms with E-state index in [1.165, 1.54) is 35.4 Å². The Labute approximate surface area is 260 Å². The molecule has 0 N–H and O–H groups in total. The van der Waals surface area contributed by atoms with Gasteiger partial charge in [-0.3, -0.25) is 9.97 Å². The number of benzene rings is 1. The molecule has 2 saturated carbocycles. The lowest BCUT2D eigenvalue weighted by Crippen LogP contribution is -2.48. The molecule has 0 amide bonds. The molecule has 0 spiro atoms. The van der Waals surface area contributed by atoms with Gasteiger partial charge in [0.25, 0.3) is 0 Å². The fourth-order valence-corrected chi connectivity index (χ4v) is 8.83. The predicted molar refractivity (Wildman–Crippen MR) is 176 cm³/mol. The van der Waals surface area contributed by atoms with Crippen molar-refractivity contribution in [1.29, 1.82) is 0 Å². The van der Waals surface area contributed by atoms with E-state index >= 15 is 0 Å². The summed E-state index contributed by atoms with van der Waals surface area (Å²) in [5.74, 6) is 2.79. The van der Waals surface area contributed by atoms with Crippen molar-refractivity contribution in [2.45, 2.75) is 65.2 Å². The Hall–Kier alpha value is -4.18. The summed E-state index contributed by atoms with van der Waals surface area (Å²) in [5, 5.41) is 0. The lowest BCUT2D eigenvalue weighted by Gasteiger charge is -2.56. The van der Waals surface area contributed by atoms with Crippen molar-refractivity contribution in [2.75, 3.05) is 0 Å². The molecule has 4 bridgehead atoms. The number of rotatable bonds is 4. The molecule has 11 rings (SSSR count). The van der Waals surface area contributed by atoms with Gasteiger partial charge in [0.1, 0.15) is 0 Å². The average Bonchev–Trinajstić information content (AvgIpc) is 3.07. The van der Waals surface area contributed by atoms with Gasteiger partial charge in [0.2, 0.25) is 0 Å². The summed E-state index contributed by atoms with van der Waals surface area (Å²) in [6, 6.07) is 30.1. The first-order valence-electron chi connectivity index (χ1n) is 16.3. The lowest BCUT2D eigenvalue weighted by atomic mass is 9.48. The molecule has 5 aromatic rings. The Morgan fingerprint density at radius 3 is 1.34 bits per heavy atom. The maximum absolute atomic E-state index is 5.13. The summed E-state index contributed by atoms with van der Waals surface area (Å²) >= 11 is 0. The molecule has 6 aliphatic rings. The summed E-state index contributed by atoms with van der Waals surface area (Å²) in [5.41, 5.74) is 14.1. The van der Waals surface area contributed by atoms with Crippen LogP contribution in [-0.2, 0) is 12.8 Å². The Balaban J connectivity index is 1.00. The quantitative estimate of drug-likeness (QED) is 0.215. The Morgan fingerprint density at radius 2 is 0.886 bits per heavy atom. The summed E-state index contributed by atoms with van der Waals surface area (Å²) in [7, 11) is 0. The number of hydrogen-bond donors (Lipinski definition) is 0. The number of pyridine rings is 4. The number of nitrogens with zero attached hydrogens (tertiary/aromatic N) is 4. The van der Waals surface area contributed by atoms with Gasteiger partial charge in [0.15, 0.2) is 0 Å². The molecule has 1 aromatic carbocycles. The fraction of sp³-hybridized carbons (Fsp3) is 0.350. The topological polar surface area (TPSA) is 51.6 Å². The molecule has 6 aliphatic carbocycles. The van der Waals surface area contributed by atoms with E-state index in [0.29, 0.717) is 22.7 Å². The fourth-order valence-electron chi connectivity index (χ4n) is 8.83. The molecule has 4 nitrogen and oxygen atoms in total. The Morgan fingerprint density at radius 1 is 0.477 bits per heavy atom. The van der Waals surface area contributed by atoms with Crippen LogP contribution in [0.3, 0.4) is 0 Å². The molecular weight excluding hydrogens is 536 g/mol. The molecule has 218 valence electrons. The molecule has 44 heavy (non-hydrogen) atoms. The highest BCUT2D eigenvalue weighted by Crippen LogP contribution is 2.62. The van der Waals surface area contributed by atoms with Crippen molar-refractivity contribution in [3.8, 4) is 45.3 Å². The third-order valence-corrected chi connectivity index (χ3v) is 12.1. The number of aromatic nitrogens is 4. The molecule has 0 radical (unpaired) electrons. The Bertz CT molecular complexity index is 1830. The first-order chi connectivity index (χ1) is 21.3. The van der Waals surface area contributed by atoms with E-state index in [2.05, 4.69) is 113 Å². The zero-order chi connectivity index (χ0) is 29.8. The van der Waals surface area contributed by atoms with Crippen LogP contribution < -0.4 is 0 Å². The standard InChI is InChI=1S/C40H38N4/c1-39(2)25-19-29(39)27-14-16-35(43-37(27)21-25)33-12-6-10-31(41-33)23-8-5-9-24(18-23)32-11-7-13-34(42-32)36-17-15-28-30-20-26(40(30,3)4)22-38(28)44-36/h5-18,25-26,29-30H,19-22H2,1-4H3/t25-,26-,29+,30+/m0/s1. The highest BCUT2D eigenvalue weighted by molar-refractivity contribution is 5.72. The van der Waals surface area contributed by atoms with Crippen LogP contribution in [0, 0.1) is 22.7 Å². The van der Waals surface area contributed by atoms with Crippen molar-refractivity contribution in [1.82, 2.24) is 19.9 Å². The van der Waals surface area contributed by atoms with E-state index in [1.807, 2.05) is 0 Å². The maximum atomic E-state index is 5.13. The monoisotopic (exact) mass is 574 g/mol. The van der Waals surface area contributed by atoms with Gasteiger partial charge in [-0.15, -0.1) is 0 Å². The van der Waals surface area contributed by atoms with Crippen molar-refractivity contribution in [2.24, 2.45) is 22.7 Å². The van der Waals surface area contributed by atoms with E-state index in [-0.39, 0.29) is 0 Å². The van der Waals surface area contributed by atoms with Crippen LogP contribution in [0.4, 0.5) is 0 Å². The highest BCUT2D eigenvalue weighted by atomic mass is 14.8. The van der Waals surface area contributed by atoms with Crippen LogP contribution in [0.2, 0.25) is 0 Å². The molecule has 0 saturated heterocycles. The molecule has 0 aliphatic heterocycles. The minimum atomic E-state index is 0.405. The molecule has 2 fully saturated rings. The lowest BCUT2D eigenvalue weighted by molar-refractivity contribution is 0.0170. The zero-order valence-corrected chi connectivity index (χ0v) is 26.0. The third kappa shape index (κ3) is 3.82. The molecule has 4 atom stereocenters. The number of hydrogen-bond acceptors (Lipinski definition) is 4. The second-order valence-electron chi connectivity index (χ2n) is 14.9. The first kappa shape index (κ1) is 26.2. The summed E-state index contributed by atoms with van der Waals surface area (Å²) in [6.45, 7) is 9.67. The molecule has 0 unspecified atom stereocenters. The van der Waals surface area contributed by atoms with Gasteiger partial charge in [-0.25, -0.2) is 9.97 Å². The normalized spacial score (nSPS) is 24.8. The minimum absolute atomic E-state index is 0.405. The smallest absolute Gasteiger partial charge is 0.0893 e. The first-order valence-corrected chi connectivity index (χ1v) is 16.3. The Kier molecular flexibility index (Phi) is 5.47. The van der Waals surface area contributed by atoms with Crippen LogP contribution in [-0.4, -0.2) is 19.9 Å². The second-order valence-corrected chi connectivity index (χ2v) is 14.9. The van der Waals surface area contributed by atoms with Crippen LogP contribution in [0.25, 0.3) is 45.3 Å². The predicted octanol–water partition coefficient (Wildman–Crippen LogP) is 9.31. The molecule has 4 aromatic heterocycles. The van der Waals surface area contributed by atoms with E-state index in [9.17, 15) is 0 Å². The minimum Gasteiger partial charge on any atom is -0.251 e. The summed E-state index contributed by atoms with van der Waals surface area (Å²) < 4.78 is 0. The SMILES string of the molecule is CC1(C)[C@@H]2Cc3nc(-c4cccc(-c5cccc(-c6cccc(-c7ccc8c(n7)C[C@@H]7C[C@H]8C7(C)C)n6)c5)n4)ccc3[C@H]1C2. The molecular formula is C40H38N4. The van der Waals surface area contributed by atoms with Crippen LogP contribution in [0.5, 0.6) is 0 Å². The van der Waals surface area contributed by atoms with Crippen molar-refractivity contribution in [3.63, 3.8) is 0 Å². The van der Waals surface area contributed by atoms with Gasteiger partial charge in [-0.2, -0.15) is 0 Å². The van der Waals surface area contributed by atoms with Crippen LogP contribution in [0.1, 0.15) is 74.9 Å². The van der Waals surface area contributed by atoms with Crippen molar-refractivity contribution < 1.29 is 0 Å². The average molecular weight is 575 g/mol. The zero-order valence-electron chi connectivity index (χ0n) is 26.0. The van der Waals surface area contributed by atoms with Crippen LogP contribution in [0.15, 0.2) is 84.9 Å². The van der Waals surface area contributed by atoms with Crippen molar-refractivity contribution in [3.05, 3.63) is 107 Å². The molecule has 4 heterocycles. The molecule has 4 heteroatoms. The van der Waals surface area contributed by atoms with Gasteiger partial charge >= 0.3 is 0 Å². The third-order valence-electron chi connectivity index (χ3n) is 12.1. The van der Waals surface area contributed by atoms with E-state index in [4.69, 9.17) is 19.9 Å². The van der Waals surface area contributed by atoms with Gasteiger partial charge in [0.05, 0.1) is 34.2 Å². The summed E-state index contributed by atoms with van der Waals surface area (Å²) in [6.07, 6.45) is 4.79. The van der Waals surface area contributed by atoms with Gasteiger partial charge in [-0.1, -0.05) is 70.2 Å². The summed E-state index contributed by atoms with van der Waals surface area (Å²) in [4.78, 5) is 20.4. The second kappa shape index (κ2) is 9.17. The van der Waals surface area contributed by atoms with E-state index in [0.717, 1.165) is 70.0 Å². The highest BCUT2D eigenvalue weighted by Gasteiger charge is 2.53. The van der Waals surface area contributed by atoms with E-state index in [1.54, 1.807) is 0 Å². The van der Waals surface area contributed by atoms with Gasteiger partial charge < -0.3 is 0 Å². The van der Waals surface area contributed by atoms with Gasteiger partial charge in [0, 0.05) is 22.5 Å². The maximum Gasteiger partial charge on any atom is 0.0893 e. The van der Waals surface area contributed by atoms with Crippen molar-refractivity contribution >= 4 is 0 Å². The van der Waals surface area contributed by atoms with E-state index < -0.39 is 0 Å². The van der Waals surface area contributed by atoms with Crippen LogP contribution >= 0.6 is 0 Å². The largest absolute Gasteiger partial charge is 0.251 e. The van der Waals surface area contributed by atoms with Gasteiger partial charge in [-0.05, 0) is 114 Å².